The number of hydrogen-bond acceptors (Lipinski definition) is 0. The van der Waals surface area contributed by atoms with E-state index in [4.69, 9.17) is 0 Å². The van der Waals surface area contributed by atoms with E-state index in [1.54, 1.807) is 0 Å². The molecule has 0 aliphatic carbocycles. The number of benzene rings is 7. The van der Waals surface area contributed by atoms with Crippen LogP contribution in [0.25, 0.3) is 65.7 Å². The van der Waals surface area contributed by atoms with E-state index >= 15 is 0 Å². The average Bonchev–Trinajstić information content (AvgIpc) is 2.96. The van der Waals surface area contributed by atoms with Gasteiger partial charge in [-0.05, 0) is 43.4 Å². The Morgan fingerprint density at radius 1 is 0.378 bits per heavy atom. The quantitative estimate of drug-likeness (QED) is 0.154. The van der Waals surface area contributed by atoms with Crippen molar-refractivity contribution in [1.82, 2.24) is 0 Å². The van der Waals surface area contributed by atoms with Gasteiger partial charge in [-0.25, -0.2) is 11.1 Å². The molecule has 0 nitrogen and oxygen atoms in total. The van der Waals surface area contributed by atoms with E-state index in [-0.39, 0.29) is 32.7 Å². The fourth-order valence-corrected chi connectivity index (χ4v) is 5.57. The van der Waals surface area contributed by atoms with Gasteiger partial charge in [0, 0.05) is 32.7 Å². The zero-order chi connectivity index (χ0) is 23.9. The second kappa shape index (κ2) is 10.1. The van der Waals surface area contributed by atoms with E-state index in [0.29, 0.717) is 0 Å². The summed E-state index contributed by atoms with van der Waals surface area (Å²) in [6.07, 6.45) is 0. The summed E-state index contributed by atoms with van der Waals surface area (Å²) in [7, 11) is 0. The first kappa shape index (κ1) is 23.8. The molecule has 0 unspecified atom stereocenters. The third kappa shape index (κ3) is 4.02. The average molecular weight is 543 g/mol. The van der Waals surface area contributed by atoms with E-state index in [9.17, 15) is 0 Å². The van der Waals surface area contributed by atoms with Crippen molar-refractivity contribution in [1.29, 1.82) is 0 Å². The Labute approximate surface area is 242 Å². The number of fused-ring (bicyclic) bond motifs is 3. The molecule has 1 heteroatoms. The van der Waals surface area contributed by atoms with Crippen molar-refractivity contribution in [3.63, 3.8) is 0 Å². The van der Waals surface area contributed by atoms with Crippen LogP contribution in [0.4, 0.5) is 0 Å². The van der Waals surface area contributed by atoms with Crippen LogP contribution >= 0.6 is 0 Å². The Hall–Kier alpha value is -3.58. The van der Waals surface area contributed by atoms with Crippen LogP contribution in [0.5, 0.6) is 0 Å². The molecular formula is C36H22Y-2. The topological polar surface area (TPSA) is 0 Å². The van der Waals surface area contributed by atoms with Gasteiger partial charge < -0.3 is 0 Å². The molecular weight excluding hydrogens is 521 g/mol. The molecule has 7 rings (SSSR count). The molecule has 0 atom stereocenters. The van der Waals surface area contributed by atoms with Gasteiger partial charge in [-0.15, -0.1) is 23.8 Å². The second-order valence-corrected chi connectivity index (χ2v) is 9.10. The Bertz CT molecular complexity index is 1820. The zero-order valence-electron chi connectivity index (χ0n) is 20.3. The van der Waals surface area contributed by atoms with Crippen LogP contribution < -0.4 is 0 Å². The zero-order valence-corrected chi connectivity index (χ0v) is 23.1. The Morgan fingerprint density at radius 2 is 0.892 bits per heavy atom. The van der Waals surface area contributed by atoms with Gasteiger partial charge in [-0.3, -0.25) is 0 Å². The van der Waals surface area contributed by atoms with Gasteiger partial charge >= 0.3 is 0 Å². The SMILES string of the molecule is [Y].[c-]1ccccc1-c1[c-]cccc1-c1c2ccccc2c(-c2cccc3ccccc23)c2ccccc12. The molecule has 0 amide bonds. The maximum absolute atomic E-state index is 3.52. The summed E-state index contributed by atoms with van der Waals surface area (Å²) in [4.78, 5) is 0. The van der Waals surface area contributed by atoms with E-state index in [1.165, 1.54) is 54.6 Å². The van der Waals surface area contributed by atoms with Crippen molar-refractivity contribution in [2.75, 3.05) is 0 Å². The fraction of sp³-hybridized carbons (Fsp3) is 0. The van der Waals surface area contributed by atoms with Gasteiger partial charge in [0.25, 0.3) is 0 Å². The second-order valence-electron chi connectivity index (χ2n) is 9.10. The molecule has 0 spiro atoms. The predicted octanol–water partition coefficient (Wildman–Crippen LogP) is 9.75. The van der Waals surface area contributed by atoms with Crippen LogP contribution in [-0.4, -0.2) is 0 Å². The van der Waals surface area contributed by atoms with Crippen LogP contribution in [0.1, 0.15) is 0 Å². The van der Waals surface area contributed by atoms with Gasteiger partial charge in [0.2, 0.25) is 0 Å². The van der Waals surface area contributed by atoms with Crippen LogP contribution in [0, 0.1) is 12.1 Å². The smallest absolute Gasteiger partial charge is 0 e. The molecule has 0 saturated heterocycles. The Morgan fingerprint density at radius 3 is 1.54 bits per heavy atom. The largest absolute Gasteiger partial charge is 0.226 e. The molecule has 0 aliphatic heterocycles. The van der Waals surface area contributed by atoms with Crippen LogP contribution in [0.3, 0.4) is 0 Å². The van der Waals surface area contributed by atoms with Crippen molar-refractivity contribution >= 4 is 32.3 Å². The maximum atomic E-state index is 3.52. The van der Waals surface area contributed by atoms with Crippen molar-refractivity contribution in [2.24, 2.45) is 0 Å². The van der Waals surface area contributed by atoms with Gasteiger partial charge in [-0.2, -0.15) is 36.4 Å². The van der Waals surface area contributed by atoms with E-state index in [0.717, 1.165) is 11.1 Å². The molecule has 0 aliphatic rings. The number of hydrogen-bond donors (Lipinski definition) is 0. The summed E-state index contributed by atoms with van der Waals surface area (Å²) in [6.45, 7) is 0. The van der Waals surface area contributed by atoms with Crippen molar-refractivity contribution < 1.29 is 32.7 Å². The minimum Gasteiger partial charge on any atom is -0.226 e. The Kier molecular flexibility index (Phi) is 6.47. The fourth-order valence-electron chi connectivity index (χ4n) is 5.57. The van der Waals surface area contributed by atoms with E-state index in [1.807, 2.05) is 18.2 Å². The van der Waals surface area contributed by atoms with Crippen LogP contribution in [-0.2, 0) is 32.7 Å². The van der Waals surface area contributed by atoms with Crippen molar-refractivity contribution in [3.05, 3.63) is 146 Å². The number of rotatable bonds is 3. The molecule has 7 aromatic rings. The van der Waals surface area contributed by atoms with Crippen molar-refractivity contribution in [3.8, 4) is 33.4 Å². The van der Waals surface area contributed by atoms with Gasteiger partial charge in [0.15, 0.2) is 0 Å². The molecule has 37 heavy (non-hydrogen) atoms. The summed E-state index contributed by atoms with van der Waals surface area (Å²) in [6, 6.07) is 54.4. The molecule has 0 heterocycles. The van der Waals surface area contributed by atoms with Crippen LogP contribution in [0.2, 0.25) is 0 Å². The van der Waals surface area contributed by atoms with E-state index in [2.05, 4.69) is 127 Å². The molecule has 0 saturated carbocycles. The molecule has 0 fully saturated rings. The van der Waals surface area contributed by atoms with Gasteiger partial charge in [0.1, 0.15) is 0 Å². The van der Waals surface area contributed by atoms with Gasteiger partial charge in [-0.1, -0.05) is 96.6 Å². The summed E-state index contributed by atoms with van der Waals surface area (Å²) in [5, 5.41) is 7.54. The minimum absolute atomic E-state index is 0. The first-order chi connectivity index (χ1) is 17.9. The molecule has 1 radical (unpaired) electrons. The standard InChI is InChI=1S/C36H22.Y/c1-2-13-25(14-3-1)27-18-6-7-19-29(27)35-31-20-8-10-22-33(31)36(34-23-11-9-21-32(34)35)30-24-12-16-26-15-4-5-17-28(26)30;/h1-13,15-17,19-24H;/q-2;. The molecule has 0 N–H and O–H groups in total. The minimum atomic E-state index is 0. The summed E-state index contributed by atoms with van der Waals surface area (Å²) in [5.41, 5.74) is 7.11. The summed E-state index contributed by atoms with van der Waals surface area (Å²) in [5.74, 6) is 0. The summed E-state index contributed by atoms with van der Waals surface area (Å²) >= 11 is 0. The first-order valence-corrected chi connectivity index (χ1v) is 12.3. The van der Waals surface area contributed by atoms with E-state index < -0.39 is 0 Å². The molecule has 7 aromatic carbocycles. The summed E-state index contributed by atoms with van der Waals surface area (Å²) < 4.78 is 0. The van der Waals surface area contributed by atoms with Crippen LogP contribution in [0.15, 0.2) is 133 Å². The normalized spacial score (nSPS) is 11.0. The Balaban J connectivity index is 0.00000252. The predicted molar refractivity (Wildman–Crippen MR) is 153 cm³/mol. The van der Waals surface area contributed by atoms with Gasteiger partial charge in [0.05, 0.1) is 0 Å². The third-order valence-electron chi connectivity index (χ3n) is 7.09. The molecule has 0 aromatic heterocycles. The maximum Gasteiger partial charge on any atom is 0 e. The monoisotopic (exact) mass is 543 g/mol. The molecule has 171 valence electrons. The molecule has 0 bridgehead atoms. The third-order valence-corrected chi connectivity index (χ3v) is 7.09. The van der Waals surface area contributed by atoms with Crippen molar-refractivity contribution in [2.45, 2.75) is 0 Å². The first-order valence-electron chi connectivity index (χ1n) is 12.3.